The number of nitrogens with two attached hydrogens (primary N) is 1. The highest BCUT2D eigenvalue weighted by molar-refractivity contribution is 5.81. The van der Waals surface area contributed by atoms with Crippen LogP contribution in [0.25, 0.3) is 11.1 Å². The molecule has 0 saturated carbocycles. The molecular formula is C14H18N4O2. The molecule has 1 atom stereocenters. The third kappa shape index (κ3) is 2.34. The van der Waals surface area contributed by atoms with Crippen LogP contribution in [-0.4, -0.2) is 35.4 Å². The van der Waals surface area contributed by atoms with Crippen molar-refractivity contribution in [3.63, 3.8) is 0 Å². The van der Waals surface area contributed by atoms with Crippen LogP contribution in [0.4, 0.5) is 5.69 Å². The van der Waals surface area contributed by atoms with Crippen molar-refractivity contribution in [2.45, 2.75) is 25.4 Å². The van der Waals surface area contributed by atoms with Crippen LogP contribution in [0.5, 0.6) is 0 Å². The Morgan fingerprint density at radius 1 is 1.60 bits per heavy atom. The first kappa shape index (κ1) is 12.9. The first-order valence-electron chi connectivity index (χ1n) is 6.78. The Kier molecular flexibility index (Phi) is 3.31. The summed E-state index contributed by atoms with van der Waals surface area (Å²) >= 11 is 0. The molecule has 2 heterocycles. The van der Waals surface area contributed by atoms with Crippen LogP contribution in [0.2, 0.25) is 0 Å². The van der Waals surface area contributed by atoms with Crippen molar-refractivity contribution >= 4 is 22.7 Å². The maximum absolute atomic E-state index is 11.8. The lowest BCUT2D eigenvalue weighted by atomic mass is 10.2. The lowest BCUT2D eigenvalue weighted by Gasteiger charge is -2.21. The van der Waals surface area contributed by atoms with Crippen molar-refractivity contribution in [2.24, 2.45) is 0 Å². The molecule has 1 aromatic heterocycles. The maximum Gasteiger partial charge on any atom is 0.237 e. The minimum atomic E-state index is -0.0833. The van der Waals surface area contributed by atoms with E-state index in [1.807, 2.05) is 6.07 Å². The number of oxazole rings is 1. The zero-order chi connectivity index (χ0) is 14.1. The average Bonchev–Trinajstić information content (AvgIpc) is 3.04. The summed E-state index contributed by atoms with van der Waals surface area (Å²) in [6.45, 7) is 1.44. The molecule has 6 nitrogen and oxygen atoms in total. The van der Waals surface area contributed by atoms with E-state index in [2.05, 4.69) is 15.2 Å². The number of hydrogen-bond acceptors (Lipinski definition) is 5. The number of anilines is 1. The minimum absolute atomic E-state index is 0.0582. The number of likely N-dealkylation sites (tertiary alicyclic amines) is 1. The Hall–Kier alpha value is -2.08. The number of benzene rings is 1. The summed E-state index contributed by atoms with van der Waals surface area (Å²) in [6.07, 6.45) is 1.90. The van der Waals surface area contributed by atoms with Gasteiger partial charge in [0.15, 0.2) is 5.58 Å². The third-order valence-corrected chi connectivity index (χ3v) is 3.71. The number of likely N-dealkylation sites (N-methyl/N-ethyl adjacent to an activating group) is 1. The summed E-state index contributed by atoms with van der Waals surface area (Å²) in [5, 5.41) is 2.71. The van der Waals surface area contributed by atoms with Gasteiger partial charge in [0.2, 0.25) is 11.8 Å². The molecule has 0 radical (unpaired) electrons. The molecule has 6 heteroatoms. The fraction of sp³-hybridized carbons (Fsp3) is 0.429. The van der Waals surface area contributed by atoms with Gasteiger partial charge in [-0.3, -0.25) is 9.69 Å². The maximum atomic E-state index is 11.8. The lowest BCUT2D eigenvalue weighted by Crippen LogP contribution is -2.41. The van der Waals surface area contributed by atoms with Crippen LogP contribution < -0.4 is 11.1 Å². The zero-order valence-electron chi connectivity index (χ0n) is 11.4. The van der Waals surface area contributed by atoms with E-state index in [1.165, 1.54) is 0 Å². The molecule has 20 heavy (non-hydrogen) atoms. The number of nitrogen functional groups attached to an aromatic ring is 1. The number of carbonyl (C=O) groups is 1. The Bertz CT molecular complexity index is 637. The van der Waals surface area contributed by atoms with E-state index in [-0.39, 0.29) is 11.9 Å². The van der Waals surface area contributed by atoms with Gasteiger partial charge >= 0.3 is 0 Å². The Balaban J connectivity index is 1.80. The highest BCUT2D eigenvalue weighted by Gasteiger charge is 2.30. The number of nitrogens with one attached hydrogen (secondary N) is 1. The van der Waals surface area contributed by atoms with Crippen molar-refractivity contribution in [2.75, 3.05) is 19.3 Å². The molecular weight excluding hydrogens is 256 g/mol. The molecule has 106 valence electrons. The largest absolute Gasteiger partial charge is 0.439 e. The van der Waals surface area contributed by atoms with E-state index >= 15 is 0 Å². The molecule has 1 amide bonds. The minimum Gasteiger partial charge on any atom is -0.439 e. The van der Waals surface area contributed by atoms with Crippen LogP contribution >= 0.6 is 0 Å². The summed E-state index contributed by atoms with van der Waals surface area (Å²) in [5.74, 6) is 0.684. The zero-order valence-corrected chi connectivity index (χ0v) is 11.4. The Morgan fingerprint density at radius 2 is 2.45 bits per heavy atom. The van der Waals surface area contributed by atoms with Crippen molar-refractivity contribution in [3.05, 3.63) is 24.1 Å². The normalized spacial score (nSPS) is 19.6. The van der Waals surface area contributed by atoms with Crippen molar-refractivity contribution in [3.8, 4) is 0 Å². The van der Waals surface area contributed by atoms with Crippen LogP contribution in [0.1, 0.15) is 18.7 Å². The molecule has 3 rings (SSSR count). The lowest BCUT2D eigenvalue weighted by molar-refractivity contribution is -0.125. The first-order chi connectivity index (χ1) is 9.67. The van der Waals surface area contributed by atoms with Gasteiger partial charge in [-0.25, -0.2) is 4.98 Å². The fourth-order valence-corrected chi connectivity index (χ4v) is 2.71. The molecule has 1 aliphatic heterocycles. The first-order valence-corrected chi connectivity index (χ1v) is 6.78. The molecule has 0 spiro atoms. The van der Waals surface area contributed by atoms with Gasteiger partial charge in [0.25, 0.3) is 0 Å². The molecule has 3 N–H and O–H groups in total. The number of rotatable bonds is 3. The molecule has 1 saturated heterocycles. The van der Waals surface area contributed by atoms with Gasteiger partial charge in [0.05, 0.1) is 12.6 Å². The van der Waals surface area contributed by atoms with Gasteiger partial charge in [-0.2, -0.15) is 0 Å². The number of amides is 1. The highest BCUT2D eigenvalue weighted by Crippen LogP contribution is 2.23. The summed E-state index contributed by atoms with van der Waals surface area (Å²) in [4.78, 5) is 18.4. The fourth-order valence-electron chi connectivity index (χ4n) is 2.71. The third-order valence-electron chi connectivity index (χ3n) is 3.71. The molecule has 0 aliphatic carbocycles. The number of aromatic nitrogens is 1. The number of fused-ring (bicyclic) bond motifs is 1. The van der Waals surface area contributed by atoms with Gasteiger partial charge in [-0.1, -0.05) is 0 Å². The van der Waals surface area contributed by atoms with Gasteiger partial charge < -0.3 is 15.5 Å². The quantitative estimate of drug-likeness (QED) is 0.819. The Labute approximate surface area is 116 Å². The van der Waals surface area contributed by atoms with Crippen molar-refractivity contribution in [1.82, 2.24) is 15.2 Å². The van der Waals surface area contributed by atoms with Gasteiger partial charge in [0.1, 0.15) is 5.52 Å². The highest BCUT2D eigenvalue weighted by atomic mass is 16.3. The monoisotopic (exact) mass is 274 g/mol. The summed E-state index contributed by atoms with van der Waals surface area (Å²) in [6, 6.07) is 5.34. The Morgan fingerprint density at radius 3 is 3.25 bits per heavy atom. The summed E-state index contributed by atoms with van der Waals surface area (Å²) in [7, 11) is 1.67. The van der Waals surface area contributed by atoms with Crippen LogP contribution in [0.3, 0.4) is 0 Å². The van der Waals surface area contributed by atoms with E-state index in [9.17, 15) is 4.79 Å². The predicted octanol–water partition coefficient (Wildman–Crippen LogP) is 1.12. The second-order valence-electron chi connectivity index (χ2n) is 5.08. The topological polar surface area (TPSA) is 84.4 Å². The van der Waals surface area contributed by atoms with Gasteiger partial charge in [0, 0.05) is 18.8 Å². The number of nitrogens with zero attached hydrogens (tertiary/aromatic N) is 2. The van der Waals surface area contributed by atoms with Gasteiger partial charge in [-0.15, -0.1) is 0 Å². The van der Waals surface area contributed by atoms with Crippen LogP contribution in [-0.2, 0) is 11.3 Å². The standard InChI is InChI=1S/C14H18N4O2/c1-16-14(19)11-3-2-6-18(11)8-13-17-10-5-4-9(15)7-12(10)20-13/h4-5,7,11H,2-3,6,8,15H2,1H3,(H,16,19). The smallest absolute Gasteiger partial charge is 0.237 e. The van der Waals surface area contributed by atoms with Gasteiger partial charge in [-0.05, 0) is 31.5 Å². The molecule has 2 aromatic rings. The molecule has 1 aromatic carbocycles. The molecule has 1 fully saturated rings. The van der Waals surface area contributed by atoms with E-state index in [1.54, 1.807) is 19.2 Å². The van der Waals surface area contributed by atoms with E-state index in [0.717, 1.165) is 24.9 Å². The second kappa shape index (κ2) is 5.13. The molecule has 0 bridgehead atoms. The second-order valence-corrected chi connectivity index (χ2v) is 5.08. The number of hydrogen-bond donors (Lipinski definition) is 2. The molecule has 1 aliphatic rings. The van der Waals surface area contributed by atoms with Crippen molar-refractivity contribution in [1.29, 1.82) is 0 Å². The van der Waals surface area contributed by atoms with Crippen LogP contribution in [0.15, 0.2) is 22.6 Å². The number of carbonyl (C=O) groups excluding carboxylic acids is 1. The average molecular weight is 274 g/mol. The summed E-state index contributed by atoms with van der Waals surface area (Å²) < 4.78 is 5.71. The predicted molar refractivity (Wildman–Crippen MR) is 75.9 cm³/mol. The van der Waals surface area contributed by atoms with E-state index in [4.69, 9.17) is 10.2 Å². The molecule has 1 unspecified atom stereocenters. The van der Waals surface area contributed by atoms with Crippen molar-refractivity contribution < 1.29 is 9.21 Å². The SMILES string of the molecule is CNC(=O)C1CCCN1Cc1nc2ccc(N)cc2o1. The van der Waals surface area contributed by atoms with Crippen LogP contribution in [0, 0.1) is 0 Å². The van der Waals surface area contributed by atoms with E-state index in [0.29, 0.717) is 23.7 Å². The van der Waals surface area contributed by atoms with E-state index < -0.39 is 0 Å². The summed E-state index contributed by atoms with van der Waals surface area (Å²) in [5.41, 5.74) is 7.87.